The van der Waals surface area contributed by atoms with Gasteiger partial charge in [0.1, 0.15) is 5.82 Å². The quantitative estimate of drug-likeness (QED) is 0.866. The molecule has 0 unspecified atom stereocenters. The molecule has 23 heavy (non-hydrogen) atoms. The van der Waals surface area contributed by atoms with Crippen molar-refractivity contribution in [3.05, 3.63) is 35.9 Å². The fraction of sp³-hybridized carbons (Fsp3) is 0.444. The molecule has 1 fully saturated rings. The Morgan fingerprint density at radius 1 is 1.26 bits per heavy atom. The Labute approximate surface area is 141 Å². The summed E-state index contributed by atoms with van der Waals surface area (Å²) < 4.78 is 0. The van der Waals surface area contributed by atoms with E-state index >= 15 is 0 Å². The first kappa shape index (κ1) is 16.1. The van der Waals surface area contributed by atoms with Crippen molar-refractivity contribution in [2.24, 2.45) is 0 Å². The molecule has 1 aliphatic rings. The van der Waals surface area contributed by atoms with E-state index in [0.717, 1.165) is 46.9 Å². The van der Waals surface area contributed by atoms with E-state index in [1.165, 1.54) is 0 Å². The first-order valence-electron chi connectivity index (χ1n) is 8.07. The van der Waals surface area contributed by atoms with Crippen LogP contribution in [0.4, 0.5) is 5.82 Å². The van der Waals surface area contributed by atoms with E-state index in [1.54, 1.807) is 4.90 Å². The van der Waals surface area contributed by atoms with Gasteiger partial charge in [-0.2, -0.15) is 11.8 Å². The zero-order chi connectivity index (χ0) is 16.4. The zero-order valence-corrected chi connectivity index (χ0v) is 14.8. The van der Waals surface area contributed by atoms with E-state index in [1.807, 2.05) is 63.0 Å². The first-order valence-corrected chi connectivity index (χ1v) is 9.23. The van der Waals surface area contributed by atoms with Gasteiger partial charge in [0.15, 0.2) is 0 Å². The summed E-state index contributed by atoms with van der Waals surface area (Å²) in [6.07, 6.45) is 0. The van der Waals surface area contributed by atoms with Crippen LogP contribution in [0.1, 0.15) is 24.2 Å². The average Bonchev–Trinajstić information content (AvgIpc) is 2.60. The van der Waals surface area contributed by atoms with Crippen molar-refractivity contribution in [1.82, 2.24) is 9.88 Å². The Kier molecular flexibility index (Phi) is 4.76. The highest BCUT2D eigenvalue weighted by Crippen LogP contribution is 2.26. The van der Waals surface area contributed by atoms with Crippen molar-refractivity contribution >= 4 is 34.4 Å². The van der Waals surface area contributed by atoms with Gasteiger partial charge < -0.3 is 9.80 Å². The minimum atomic E-state index is 0.0613. The predicted molar refractivity (Wildman–Crippen MR) is 98.5 cm³/mol. The lowest BCUT2D eigenvalue weighted by Gasteiger charge is -2.29. The number of rotatable bonds is 3. The molecule has 4 nitrogen and oxygen atoms in total. The molecule has 0 saturated carbocycles. The van der Waals surface area contributed by atoms with E-state index in [4.69, 9.17) is 4.98 Å². The summed E-state index contributed by atoms with van der Waals surface area (Å²) in [7, 11) is 1.86. The second-order valence-corrected chi connectivity index (χ2v) is 7.38. The predicted octanol–water partition coefficient (Wildman–Crippen LogP) is 3.27. The van der Waals surface area contributed by atoms with Gasteiger partial charge in [-0.05, 0) is 26.0 Å². The van der Waals surface area contributed by atoms with Gasteiger partial charge in [0.25, 0.3) is 5.91 Å². The van der Waals surface area contributed by atoms with Gasteiger partial charge in [-0.3, -0.25) is 4.79 Å². The van der Waals surface area contributed by atoms with Crippen molar-refractivity contribution in [2.45, 2.75) is 19.9 Å². The van der Waals surface area contributed by atoms with Gasteiger partial charge in [0.05, 0.1) is 11.1 Å². The molecule has 1 amide bonds. The number of hydrogen-bond acceptors (Lipinski definition) is 4. The van der Waals surface area contributed by atoms with Crippen LogP contribution in [0.15, 0.2) is 30.3 Å². The molecule has 1 saturated heterocycles. The van der Waals surface area contributed by atoms with Gasteiger partial charge in [0.2, 0.25) is 0 Å². The molecule has 0 atom stereocenters. The van der Waals surface area contributed by atoms with Crippen LogP contribution in [0.2, 0.25) is 0 Å². The van der Waals surface area contributed by atoms with Crippen LogP contribution in [0.3, 0.4) is 0 Å². The van der Waals surface area contributed by atoms with Gasteiger partial charge in [-0.15, -0.1) is 0 Å². The Bertz CT molecular complexity index is 710. The highest BCUT2D eigenvalue weighted by molar-refractivity contribution is 7.99. The fourth-order valence-corrected chi connectivity index (χ4v) is 3.62. The monoisotopic (exact) mass is 329 g/mol. The summed E-state index contributed by atoms with van der Waals surface area (Å²) in [6, 6.07) is 10.1. The van der Waals surface area contributed by atoms with Gasteiger partial charge in [0, 0.05) is 43.1 Å². The maximum Gasteiger partial charge on any atom is 0.254 e. The number of benzene rings is 1. The van der Waals surface area contributed by atoms with Crippen LogP contribution in [0, 0.1) is 0 Å². The number of anilines is 1. The molecule has 3 rings (SSSR count). The molecular formula is C18H23N3OS. The maximum atomic E-state index is 12.9. The van der Waals surface area contributed by atoms with Gasteiger partial charge in [-0.25, -0.2) is 4.98 Å². The molecule has 1 aromatic carbocycles. The van der Waals surface area contributed by atoms with Crippen LogP contribution in [-0.2, 0) is 0 Å². The molecule has 5 heteroatoms. The number of para-hydroxylation sites is 1. The topological polar surface area (TPSA) is 36.4 Å². The third-order valence-corrected chi connectivity index (χ3v) is 5.31. The molecule has 0 N–H and O–H groups in total. The number of fused-ring (bicyclic) bond motifs is 1. The van der Waals surface area contributed by atoms with Crippen LogP contribution < -0.4 is 4.90 Å². The third-order valence-electron chi connectivity index (χ3n) is 4.36. The third kappa shape index (κ3) is 3.29. The summed E-state index contributed by atoms with van der Waals surface area (Å²) in [5.41, 5.74) is 1.64. The zero-order valence-electron chi connectivity index (χ0n) is 14.0. The molecule has 0 spiro atoms. The molecular weight excluding hydrogens is 306 g/mol. The average molecular weight is 329 g/mol. The minimum absolute atomic E-state index is 0.0613. The number of thioether (sulfide) groups is 1. The molecule has 1 aromatic heterocycles. The molecule has 2 heterocycles. The molecule has 122 valence electrons. The van der Waals surface area contributed by atoms with Crippen molar-refractivity contribution in [3.8, 4) is 0 Å². The summed E-state index contributed by atoms with van der Waals surface area (Å²) in [6.45, 7) is 6.04. The van der Waals surface area contributed by atoms with Crippen LogP contribution in [0.5, 0.6) is 0 Å². The molecule has 2 aromatic rings. The highest BCUT2D eigenvalue weighted by atomic mass is 32.2. The van der Waals surface area contributed by atoms with E-state index in [-0.39, 0.29) is 11.9 Å². The Morgan fingerprint density at radius 3 is 2.65 bits per heavy atom. The minimum Gasteiger partial charge on any atom is -0.355 e. The number of hydrogen-bond donors (Lipinski definition) is 0. The lowest BCUT2D eigenvalue weighted by Crippen LogP contribution is -2.35. The van der Waals surface area contributed by atoms with Crippen molar-refractivity contribution in [2.75, 3.05) is 36.5 Å². The number of pyridine rings is 1. The van der Waals surface area contributed by atoms with Crippen LogP contribution in [-0.4, -0.2) is 53.5 Å². The SMILES string of the molecule is CC(C)N(C)C(=O)c1cc(N2CCSCC2)nc2ccccc12. The molecule has 0 radical (unpaired) electrons. The summed E-state index contributed by atoms with van der Waals surface area (Å²) >= 11 is 1.97. The van der Waals surface area contributed by atoms with E-state index in [0.29, 0.717) is 0 Å². The summed E-state index contributed by atoms with van der Waals surface area (Å²) in [5.74, 6) is 3.21. The standard InChI is InChI=1S/C18H23N3OS/c1-13(2)20(3)18(22)15-12-17(21-8-10-23-11-9-21)19-16-7-5-4-6-14(15)16/h4-7,12-13H,8-11H2,1-3H3. The number of carbonyl (C=O) groups excluding carboxylic acids is 1. The number of nitrogens with zero attached hydrogens (tertiary/aromatic N) is 3. The Balaban J connectivity index is 2.08. The highest BCUT2D eigenvalue weighted by Gasteiger charge is 2.21. The van der Waals surface area contributed by atoms with Crippen LogP contribution in [0.25, 0.3) is 10.9 Å². The van der Waals surface area contributed by atoms with Crippen molar-refractivity contribution < 1.29 is 4.79 Å². The van der Waals surface area contributed by atoms with Gasteiger partial charge >= 0.3 is 0 Å². The van der Waals surface area contributed by atoms with Crippen molar-refractivity contribution in [3.63, 3.8) is 0 Å². The molecule has 0 aliphatic carbocycles. The normalized spacial score (nSPS) is 15.2. The molecule has 0 bridgehead atoms. The largest absolute Gasteiger partial charge is 0.355 e. The fourth-order valence-electron chi connectivity index (χ4n) is 2.72. The van der Waals surface area contributed by atoms with Crippen molar-refractivity contribution in [1.29, 1.82) is 0 Å². The smallest absolute Gasteiger partial charge is 0.254 e. The second-order valence-electron chi connectivity index (χ2n) is 6.15. The number of amides is 1. The number of carbonyl (C=O) groups is 1. The van der Waals surface area contributed by atoms with Gasteiger partial charge in [-0.1, -0.05) is 18.2 Å². The van der Waals surface area contributed by atoms with E-state index < -0.39 is 0 Å². The van der Waals surface area contributed by atoms with Crippen LogP contribution >= 0.6 is 11.8 Å². The lowest BCUT2D eigenvalue weighted by molar-refractivity contribution is 0.0757. The second kappa shape index (κ2) is 6.79. The number of aromatic nitrogens is 1. The summed E-state index contributed by atoms with van der Waals surface area (Å²) in [5, 5.41) is 0.931. The lowest BCUT2D eigenvalue weighted by atomic mass is 10.1. The first-order chi connectivity index (χ1) is 11.1. The summed E-state index contributed by atoms with van der Waals surface area (Å²) in [4.78, 5) is 21.8. The van der Waals surface area contributed by atoms with E-state index in [9.17, 15) is 4.79 Å². The van der Waals surface area contributed by atoms with E-state index in [2.05, 4.69) is 4.90 Å². The Hall–Kier alpha value is -1.75. The Morgan fingerprint density at radius 2 is 1.96 bits per heavy atom. The maximum absolute atomic E-state index is 12.9. The molecule has 1 aliphatic heterocycles.